The number of anilines is 1. The van der Waals surface area contributed by atoms with Gasteiger partial charge in [0.25, 0.3) is 0 Å². The van der Waals surface area contributed by atoms with E-state index in [1.807, 2.05) is 32.0 Å². The molecule has 1 aromatic rings. The second kappa shape index (κ2) is 6.28. The number of aryl methyl sites for hydroxylation is 2. The smallest absolute Gasteiger partial charge is 0.250 e. The predicted molar refractivity (Wildman–Crippen MR) is 65.7 cm³/mol. The van der Waals surface area contributed by atoms with Gasteiger partial charge in [-0.25, -0.2) is 0 Å². The predicted octanol–water partition coefficient (Wildman–Crippen LogP) is 2.53. The summed E-state index contributed by atoms with van der Waals surface area (Å²) in [6.07, 6.45) is 0.909. The van der Waals surface area contributed by atoms with Gasteiger partial charge in [0.05, 0.1) is 0 Å². The zero-order valence-corrected chi connectivity index (χ0v) is 10.2. The molecule has 3 heteroatoms. The lowest BCUT2D eigenvalue weighted by atomic mass is 10.1. The summed E-state index contributed by atoms with van der Waals surface area (Å²) in [6, 6.07) is 6.03. The number of benzene rings is 1. The molecule has 0 bridgehead atoms. The fourth-order valence-corrected chi connectivity index (χ4v) is 1.57. The lowest BCUT2D eigenvalue weighted by molar-refractivity contribution is -0.120. The van der Waals surface area contributed by atoms with Gasteiger partial charge >= 0.3 is 0 Å². The molecule has 1 amide bonds. The fraction of sp³-hybridized carbons (Fsp3) is 0.462. The molecule has 16 heavy (non-hydrogen) atoms. The van der Waals surface area contributed by atoms with E-state index in [1.54, 1.807) is 0 Å². The molecular weight excluding hydrogens is 202 g/mol. The molecule has 0 heterocycles. The summed E-state index contributed by atoms with van der Waals surface area (Å²) in [7, 11) is 0. The molecule has 0 saturated heterocycles. The van der Waals surface area contributed by atoms with Crippen molar-refractivity contribution in [2.24, 2.45) is 0 Å². The summed E-state index contributed by atoms with van der Waals surface area (Å²) in [5, 5.41) is 2.90. The van der Waals surface area contributed by atoms with Gasteiger partial charge in [-0.15, -0.1) is 0 Å². The maximum Gasteiger partial charge on any atom is 0.250 e. The third-order valence-corrected chi connectivity index (χ3v) is 2.44. The van der Waals surface area contributed by atoms with E-state index in [-0.39, 0.29) is 12.5 Å². The standard InChI is InChI=1S/C13H19NO2/c1-4-11-8-6-7-10(3)13(11)14-12(15)9-16-5-2/h6-8H,4-5,9H2,1-3H3,(H,14,15). The number of nitrogens with one attached hydrogen (secondary N) is 1. The number of carbonyl (C=O) groups excluding carboxylic acids is 1. The summed E-state index contributed by atoms with van der Waals surface area (Å²) in [6.45, 7) is 6.62. The number of carbonyl (C=O) groups is 1. The van der Waals surface area contributed by atoms with Crippen LogP contribution in [0.3, 0.4) is 0 Å². The van der Waals surface area contributed by atoms with Gasteiger partial charge in [-0.2, -0.15) is 0 Å². The van der Waals surface area contributed by atoms with E-state index in [1.165, 1.54) is 0 Å². The average molecular weight is 221 g/mol. The highest BCUT2D eigenvalue weighted by atomic mass is 16.5. The summed E-state index contributed by atoms with van der Waals surface area (Å²) in [5.41, 5.74) is 3.17. The van der Waals surface area contributed by atoms with Gasteiger partial charge in [-0.3, -0.25) is 4.79 Å². The molecule has 1 rings (SSSR count). The maximum absolute atomic E-state index is 11.6. The summed E-state index contributed by atoms with van der Waals surface area (Å²) in [4.78, 5) is 11.6. The molecule has 0 saturated carbocycles. The van der Waals surface area contributed by atoms with Gasteiger partial charge in [0.2, 0.25) is 5.91 Å². The number of rotatable bonds is 5. The van der Waals surface area contributed by atoms with Crippen LogP contribution in [0, 0.1) is 6.92 Å². The molecule has 0 spiro atoms. The Balaban J connectivity index is 2.75. The zero-order valence-electron chi connectivity index (χ0n) is 10.2. The van der Waals surface area contributed by atoms with E-state index >= 15 is 0 Å². The van der Waals surface area contributed by atoms with Crippen molar-refractivity contribution in [2.75, 3.05) is 18.5 Å². The number of amides is 1. The quantitative estimate of drug-likeness (QED) is 0.829. The SMILES string of the molecule is CCOCC(=O)Nc1c(C)cccc1CC. The number of para-hydroxylation sites is 1. The first kappa shape index (κ1) is 12.7. The minimum absolute atomic E-state index is 0.0918. The topological polar surface area (TPSA) is 38.3 Å². The Labute approximate surface area is 96.8 Å². The summed E-state index contributed by atoms with van der Waals surface area (Å²) in [5.74, 6) is -0.0918. The molecule has 0 aliphatic carbocycles. The van der Waals surface area contributed by atoms with Gasteiger partial charge in [0, 0.05) is 12.3 Å². The van der Waals surface area contributed by atoms with E-state index in [0.717, 1.165) is 23.2 Å². The average Bonchev–Trinajstić information content (AvgIpc) is 2.29. The van der Waals surface area contributed by atoms with Crippen molar-refractivity contribution < 1.29 is 9.53 Å². The lowest BCUT2D eigenvalue weighted by Crippen LogP contribution is -2.19. The number of hydrogen-bond donors (Lipinski definition) is 1. The second-order valence-electron chi connectivity index (χ2n) is 3.65. The fourth-order valence-electron chi connectivity index (χ4n) is 1.57. The van der Waals surface area contributed by atoms with E-state index in [0.29, 0.717) is 6.61 Å². The Bertz CT molecular complexity index is 361. The third-order valence-electron chi connectivity index (χ3n) is 2.44. The normalized spacial score (nSPS) is 10.2. The van der Waals surface area contributed by atoms with Gasteiger partial charge in [0.1, 0.15) is 6.61 Å². The van der Waals surface area contributed by atoms with Crippen LogP contribution in [0.5, 0.6) is 0 Å². The maximum atomic E-state index is 11.6. The molecule has 1 N–H and O–H groups in total. The van der Waals surface area contributed by atoms with Crippen molar-refractivity contribution in [3.05, 3.63) is 29.3 Å². The third kappa shape index (κ3) is 3.35. The summed E-state index contributed by atoms with van der Waals surface area (Å²) < 4.78 is 5.07. The van der Waals surface area contributed by atoms with Crippen LogP contribution in [-0.2, 0) is 16.0 Å². The first-order valence-corrected chi connectivity index (χ1v) is 5.65. The van der Waals surface area contributed by atoms with Crippen molar-refractivity contribution in [1.29, 1.82) is 0 Å². The largest absolute Gasteiger partial charge is 0.372 e. The second-order valence-corrected chi connectivity index (χ2v) is 3.65. The van der Waals surface area contributed by atoms with Crippen molar-refractivity contribution >= 4 is 11.6 Å². The minimum Gasteiger partial charge on any atom is -0.372 e. The molecule has 0 atom stereocenters. The van der Waals surface area contributed by atoms with Crippen LogP contribution in [0.2, 0.25) is 0 Å². The van der Waals surface area contributed by atoms with Crippen LogP contribution < -0.4 is 5.32 Å². The van der Waals surface area contributed by atoms with Crippen molar-refractivity contribution in [3.8, 4) is 0 Å². The molecule has 3 nitrogen and oxygen atoms in total. The highest BCUT2D eigenvalue weighted by molar-refractivity contribution is 5.93. The lowest BCUT2D eigenvalue weighted by Gasteiger charge is -2.12. The molecule has 88 valence electrons. The Morgan fingerprint density at radius 1 is 1.38 bits per heavy atom. The first-order chi connectivity index (χ1) is 7.69. The summed E-state index contributed by atoms with van der Waals surface area (Å²) >= 11 is 0. The first-order valence-electron chi connectivity index (χ1n) is 5.65. The molecule has 0 fully saturated rings. The van der Waals surface area contributed by atoms with Gasteiger partial charge < -0.3 is 10.1 Å². The Morgan fingerprint density at radius 2 is 2.12 bits per heavy atom. The monoisotopic (exact) mass is 221 g/mol. The molecule has 0 aliphatic rings. The van der Waals surface area contributed by atoms with Crippen LogP contribution in [0.1, 0.15) is 25.0 Å². The number of hydrogen-bond acceptors (Lipinski definition) is 2. The van der Waals surface area contributed by atoms with Crippen LogP contribution in [0.15, 0.2) is 18.2 Å². The Morgan fingerprint density at radius 3 is 2.75 bits per heavy atom. The Hall–Kier alpha value is -1.35. The zero-order chi connectivity index (χ0) is 12.0. The Kier molecular flexibility index (Phi) is 4.99. The molecular formula is C13H19NO2. The van der Waals surface area contributed by atoms with Crippen molar-refractivity contribution in [3.63, 3.8) is 0 Å². The molecule has 0 aliphatic heterocycles. The van der Waals surface area contributed by atoms with Crippen molar-refractivity contribution in [1.82, 2.24) is 0 Å². The van der Waals surface area contributed by atoms with E-state index in [4.69, 9.17) is 4.74 Å². The molecule has 0 aromatic heterocycles. The van der Waals surface area contributed by atoms with Crippen LogP contribution >= 0.6 is 0 Å². The van der Waals surface area contributed by atoms with E-state index in [9.17, 15) is 4.79 Å². The molecule has 0 unspecified atom stereocenters. The van der Waals surface area contributed by atoms with Gasteiger partial charge in [-0.05, 0) is 31.4 Å². The van der Waals surface area contributed by atoms with E-state index < -0.39 is 0 Å². The van der Waals surface area contributed by atoms with Crippen LogP contribution in [0.4, 0.5) is 5.69 Å². The van der Waals surface area contributed by atoms with Gasteiger partial charge in [0.15, 0.2) is 0 Å². The minimum atomic E-state index is -0.0918. The highest BCUT2D eigenvalue weighted by Crippen LogP contribution is 2.20. The number of ether oxygens (including phenoxy) is 1. The molecule has 0 radical (unpaired) electrons. The van der Waals surface area contributed by atoms with Gasteiger partial charge in [-0.1, -0.05) is 25.1 Å². The molecule has 1 aromatic carbocycles. The van der Waals surface area contributed by atoms with Crippen molar-refractivity contribution in [2.45, 2.75) is 27.2 Å². The van der Waals surface area contributed by atoms with Crippen LogP contribution in [-0.4, -0.2) is 19.1 Å². The highest BCUT2D eigenvalue weighted by Gasteiger charge is 2.07. The van der Waals surface area contributed by atoms with E-state index in [2.05, 4.69) is 12.2 Å². The van der Waals surface area contributed by atoms with Crippen LogP contribution in [0.25, 0.3) is 0 Å².